The van der Waals surface area contributed by atoms with Gasteiger partial charge in [-0.2, -0.15) is 0 Å². The van der Waals surface area contributed by atoms with Crippen LogP contribution in [0, 0.1) is 0 Å². The topological polar surface area (TPSA) is 80.1 Å². The van der Waals surface area contributed by atoms with Crippen molar-refractivity contribution in [2.24, 2.45) is 0 Å². The molecule has 2 aromatic heterocycles. The lowest BCUT2D eigenvalue weighted by atomic mass is 10.3. The van der Waals surface area contributed by atoms with Gasteiger partial charge < -0.3 is 19.5 Å². The van der Waals surface area contributed by atoms with Crippen LogP contribution in [-0.2, 0) is 11.3 Å². The van der Waals surface area contributed by atoms with Crippen molar-refractivity contribution in [3.63, 3.8) is 0 Å². The summed E-state index contributed by atoms with van der Waals surface area (Å²) in [4.78, 5) is 18.4. The van der Waals surface area contributed by atoms with Crippen molar-refractivity contribution in [1.82, 2.24) is 15.3 Å². The highest BCUT2D eigenvalue weighted by atomic mass is 16.5. The quantitative estimate of drug-likeness (QED) is 0.787. The maximum atomic E-state index is 11.2. The molecule has 18 heavy (non-hydrogen) atoms. The van der Waals surface area contributed by atoms with Gasteiger partial charge in [0.05, 0.1) is 19.7 Å². The molecule has 1 atom stereocenters. The van der Waals surface area contributed by atoms with E-state index in [9.17, 15) is 4.79 Å². The van der Waals surface area contributed by atoms with Gasteiger partial charge in [-0.3, -0.25) is 0 Å². The van der Waals surface area contributed by atoms with E-state index in [2.05, 4.69) is 20.0 Å². The number of hydrogen-bond acceptors (Lipinski definition) is 5. The van der Waals surface area contributed by atoms with Crippen molar-refractivity contribution in [2.75, 3.05) is 7.11 Å². The zero-order valence-electron chi connectivity index (χ0n) is 10.3. The second kappa shape index (κ2) is 5.50. The Kier molecular flexibility index (Phi) is 3.78. The van der Waals surface area contributed by atoms with Gasteiger partial charge in [0.25, 0.3) is 0 Å². The Hall–Kier alpha value is -2.08. The summed E-state index contributed by atoms with van der Waals surface area (Å²) in [6, 6.07) is 3.42. The Balaban J connectivity index is 1.90. The van der Waals surface area contributed by atoms with Gasteiger partial charge in [-0.25, -0.2) is 9.78 Å². The highest BCUT2D eigenvalue weighted by Gasteiger charge is 2.12. The number of esters is 1. The van der Waals surface area contributed by atoms with E-state index in [0.717, 1.165) is 5.82 Å². The maximum absolute atomic E-state index is 11.2. The molecule has 1 unspecified atom stereocenters. The normalized spacial score (nSPS) is 12.3. The van der Waals surface area contributed by atoms with Gasteiger partial charge in [-0.1, -0.05) is 0 Å². The molecule has 0 radical (unpaired) electrons. The highest BCUT2D eigenvalue weighted by molar-refractivity contribution is 5.86. The number of aromatic amines is 1. The largest absolute Gasteiger partial charge is 0.463 e. The predicted octanol–water partition coefficient (Wildman–Crippen LogP) is 1.64. The summed E-state index contributed by atoms with van der Waals surface area (Å²) in [5.41, 5.74) is 0. The highest BCUT2D eigenvalue weighted by Crippen LogP contribution is 2.11. The molecular formula is C12H15N3O3. The molecule has 0 aliphatic rings. The Morgan fingerprint density at radius 2 is 2.44 bits per heavy atom. The van der Waals surface area contributed by atoms with Gasteiger partial charge in [0, 0.05) is 12.4 Å². The Morgan fingerprint density at radius 1 is 1.61 bits per heavy atom. The van der Waals surface area contributed by atoms with Gasteiger partial charge in [0.15, 0.2) is 0 Å². The fraction of sp³-hybridized carbons (Fsp3) is 0.333. The SMILES string of the molecule is COC(=O)c1ccc(CNC(C)c2ncc[nH]2)o1. The van der Waals surface area contributed by atoms with Gasteiger partial charge in [-0.15, -0.1) is 0 Å². The number of rotatable bonds is 5. The van der Waals surface area contributed by atoms with Crippen molar-refractivity contribution < 1.29 is 13.9 Å². The first-order valence-electron chi connectivity index (χ1n) is 5.60. The molecule has 0 aromatic carbocycles. The van der Waals surface area contributed by atoms with Crippen molar-refractivity contribution in [3.05, 3.63) is 41.9 Å². The lowest BCUT2D eigenvalue weighted by Crippen LogP contribution is -2.18. The third-order valence-corrected chi connectivity index (χ3v) is 2.56. The fourth-order valence-electron chi connectivity index (χ4n) is 1.55. The number of H-pyrrole nitrogens is 1. The van der Waals surface area contributed by atoms with E-state index in [1.807, 2.05) is 6.92 Å². The monoisotopic (exact) mass is 249 g/mol. The van der Waals surface area contributed by atoms with Crippen LogP contribution in [-0.4, -0.2) is 23.0 Å². The fourth-order valence-corrected chi connectivity index (χ4v) is 1.55. The van der Waals surface area contributed by atoms with Gasteiger partial charge in [0.1, 0.15) is 11.6 Å². The number of nitrogens with zero attached hydrogens (tertiary/aromatic N) is 1. The van der Waals surface area contributed by atoms with Crippen LogP contribution in [0.15, 0.2) is 28.9 Å². The average Bonchev–Trinajstić information content (AvgIpc) is 3.05. The van der Waals surface area contributed by atoms with Crippen molar-refractivity contribution in [2.45, 2.75) is 19.5 Å². The Labute approximate surface area is 104 Å². The van der Waals surface area contributed by atoms with Crippen LogP contribution < -0.4 is 5.32 Å². The van der Waals surface area contributed by atoms with Crippen LogP contribution in [0.1, 0.15) is 35.1 Å². The molecule has 0 saturated heterocycles. The van der Waals surface area contributed by atoms with E-state index < -0.39 is 5.97 Å². The zero-order valence-corrected chi connectivity index (χ0v) is 10.3. The standard InChI is InChI=1S/C12H15N3O3/c1-8(11-13-5-6-14-11)15-7-9-3-4-10(18-9)12(16)17-2/h3-6,8,15H,7H2,1-2H3,(H,13,14). The minimum Gasteiger partial charge on any atom is -0.463 e. The van der Waals surface area contributed by atoms with Crippen LogP contribution in [0.25, 0.3) is 0 Å². The molecule has 2 rings (SSSR count). The minimum atomic E-state index is -0.472. The van der Waals surface area contributed by atoms with Crippen molar-refractivity contribution >= 4 is 5.97 Å². The van der Waals surface area contributed by atoms with E-state index in [1.54, 1.807) is 24.5 Å². The molecule has 96 valence electrons. The van der Waals surface area contributed by atoms with Gasteiger partial charge in [0.2, 0.25) is 5.76 Å². The summed E-state index contributed by atoms with van der Waals surface area (Å²) in [6.45, 7) is 2.50. The van der Waals surface area contributed by atoms with E-state index in [-0.39, 0.29) is 11.8 Å². The molecular weight excluding hydrogens is 234 g/mol. The lowest BCUT2D eigenvalue weighted by Gasteiger charge is -2.09. The number of ether oxygens (including phenoxy) is 1. The maximum Gasteiger partial charge on any atom is 0.373 e. The first kappa shape index (κ1) is 12.4. The number of carbonyl (C=O) groups is 1. The third kappa shape index (κ3) is 2.78. The number of imidazole rings is 1. The summed E-state index contributed by atoms with van der Waals surface area (Å²) in [7, 11) is 1.32. The van der Waals surface area contributed by atoms with E-state index in [1.165, 1.54) is 7.11 Å². The predicted molar refractivity (Wildman–Crippen MR) is 63.9 cm³/mol. The molecule has 6 heteroatoms. The van der Waals surface area contributed by atoms with E-state index in [4.69, 9.17) is 4.42 Å². The first-order chi connectivity index (χ1) is 8.70. The second-order valence-electron chi connectivity index (χ2n) is 3.83. The van der Waals surface area contributed by atoms with E-state index in [0.29, 0.717) is 12.3 Å². The molecule has 0 aliphatic carbocycles. The molecule has 2 aromatic rings. The molecule has 0 saturated carbocycles. The molecule has 0 fully saturated rings. The summed E-state index contributed by atoms with van der Waals surface area (Å²) in [6.07, 6.45) is 3.48. The van der Waals surface area contributed by atoms with Gasteiger partial charge >= 0.3 is 5.97 Å². The number of methoxy groups -OCH3 is 1. The lowest BCUT2D eigenvalue weighted by molar-refractivity contribution is 0.0563. The van der Waals surface area contributed by atoms with Crippen LogP contribution in [0.2, 0.25) is 0 Å². The summed E-state index contributed by atoms with van der Waals surface area (Å²) in [5, 5.41) is 3.23. The molecule has 2 N–H and O–H groups in total. The molecule has 6 nitrogen and oxygen atoms in total. The molecule has 0 aliphatic heterocycles. The van der Waals surface area contributed by atoms with Crippen LogP contribution in [0.3, 0.4) is 0 Å². The number of aromatic nitrogens is 2. The first-order valence-corrected chi connectivity index (χ1v) is 5.60. The smallest absolute Gasteiger partial charge is 0.373 e. The van der Waals surface area contributed by atoms with Crippen molar-refractivity contribution in [1.29, 1.82) is 0 Å². The Bertz CT molecular complexity index is 504. The minimum absolute atomic E-state index is 0.0756. The Morgan fingerprint density at radius 3 is 3.11 bits per heavy atom. The third-order valence-electron chi connectivity index (χ3n) is 2.56. The van der Waals surface area contributed by atoms with Crippen LogP contribution in [0.4, 0.5) is 0 Å². The van der Waals surface area contributed by atoms with Gasteiger partial charge in [-0.05, 0) is 19.1 Å². The molecule has 2 heterocycles. The molecule has 0 amide bonds. The molecule has 0 bridgehead atoms. The summed E-state index contributed by atoms with van der Waals surface area (Å²) < 4.78 is 9.90. The average molecular weight is 249 g/mol. The van der Waals surface area contributed by atoms with E-state index >= 15 is 0 Å². The number of carbonyl (C=O) groups excluding carboxylic acids is 1. The zero-order chi connectivity index (χ0) is 13.0. The summed E-state index contributed by atoms with van der Waals surface area (Å²) >= 11 is 0. The number of nitrogens with one attached hydrogen (secondary N) is 2. The molecule has 0 spiro atoms. The van der Waals surface area contributed by atoms with Crippen LogP contribution in [0.5, 0.6) is 0 Å². The summed E-state index contributed by atoms with van der Waals surface area (Å²) in [5.74, 6) is 1.27. The van der Waals surface area contributed by atoms with Crippen LogP contribution >= 0.6 is 0 Å². The van der Waals surface area contributed by atoms with Crippen molar-refractivity contribution in [3.8, 4) is 0 Å². The second-order valence-corrected chi connectivity index (χ2v) is 3.83. The number of furan rings is 1. The number of hydrogen-bond donors (Lipinski definition) is 2.